The van der Waals surface area contributed by atoms with E-state index in [1.165, 1.54) is 0 Å². The number of para-hydroxylation sites is 1. The lowest BCUT2D eigenvalue weighted by atomic mass is 9.88. The molecule has 3 rings (SSSR count). The van der Waals surface area contributed by atoms with E-state index >= 15 is 0 Å². The molecule has 80 valence electrons. The molecule has 2 N–H and O–H groups in total. The van der Waals surface area contributed by atoms with Gasteiger partial charge in [0, 0.05) is 24.9 Å². The zero-order valence-electron chi connectivity index (χ0n) is 8.57. The molecule has 2 atom stereocenters. The van der Waals surface area contributed by atoms with E-state index in [4.69, 9.17) is 4.74 Å². The van der Waals surface area contributed by atoms with Crippen molar-refractivity contribution in [1.29, 1.82) is 0 Å². The van der Waals surface area contributed by atoms with E-state index in [1.54, 1.807) is 0 Å². The number of hydrogen-bond acceptors (Lipinski definition) is 3. The largest absolute Gasteiger partial charge is 0.485 e. The number of ether oxygens (including phenoxy) is 1. The van der Waals surface area contributed by atoms with Crippen molar-refractivity contribution in [2.24, 2.45) is 0 Å². The average Bonchev–Trinajstić information content (AvgIpc) is 2.66. The van der Waals surface area contributed by atoms with Crippen LogP contribution in [0.4, 0.5) is 0 Å². The highest BCUT2D eigenvalue weighted by Crippen LogP contribution is 2.41. The molecule has 0 aromatic heterocycles. The van der Waals surface area contributed by atoms with Crippen LogP contribution < -0.4 is 10.1 Å². The number of aliphatic hydroxyl groups is 1. The fraction of sp³-hybridized carbons (Fsp3) is 0.500. The van der Waals surface area contributed by atoms with Crippen molar-refractivity contribution in [1.82, 2.24) is 5.32 Å². The molecule has 3 heteroatoms. The first kappa shape index (κ1) is 9.19. The van der Waals surface area contributed by atoms with Crippen LogP contribution in [-0.2, 0) is 0 Å². The monoisotopic (exact) mass is 205 g/mol. The lowest BCUT2D eigenvalue weighted by Crippen LogP contribution is -2.42. The summed E-state index contributed by atoms with van der Waals surface area (Å²) in [5.74, 6) is 0.847. The van der Waals surface area contributed by atoms with E-state index in [2.05, 4.69) is 5.32 Å². The summed E-state index contributed by atoms with van der Waals surface area (Å²) in [5, 5.41) is 13.4. The Morgan fingerprint density at radius 2 is 2.27 bits per heavy atom. The molecule has 3 nitrogen and oxygen atoms in total. The summed E-state index contributed by atoms with van der Waals surface area (Å²) in [6.45, 7) is 1.83. The number of hydrogen-bond donors (Lipinski definition) is 2. The van der Waals surface area contributed by atoms with Crippen molar-refractivity contribution in [2.45, 2.75) is 24.5 Å². The average molecular weight is 205 g/mol. The second-order valence-corrected chi connectivity index (χ2v) is 4.47. The Balaban J connectivity index is 1.98. The van der Waals surface area contributed by atoms with Crippen LogP contribution in [0.5, 0.6) is 5.75 Å². The molecule has 2 aliphatic heterocycles. The van der Waals surface area contributed by atoms with E-state index in [0.29, 0.717) is 6.42 Å². The van der Waals surface area contributed by atoms with Crippen LogP contribution in [0, 0.1) is 0 Å². The highest BCUT2D eigenvalue weighted by molar-refractivity contribution is 5.38. The Labute approximate surface area is 89.1 Å². The summed E-state index contributed by atoms with van der Waals surface area (Å²) in [4.78, 5) is 0. The highest BCUT2D eigenvalue weighted by Gasteiger charge is 2.42. The van der Waals surface area contributed by atoms with Gasteiger partial charge >= 0.3 is 0 Å². The van der Waals surface area contributed by atoms with Gasteiger partial charge in [0.1, 0.15) is 11.4 Å². The van der Waals surface area contributed by atoms with Gasteiger partial charge in [0.2, 0.25) is 0 Å². The third-order valence-corrected chi connectivity index (χ3v) is 3.37. The second-order valence-electron chi connectivity index (χ2n) is 4.47. The van der Waals surface area contributed by atoms with E-state index < -0.39 is 0 Å². The maximum Gasteiger partial charge on any atom is 0.126 e. The smallest absolute Gasteiger partial charge is 0.126 e. The van der Waals surface area contributed by atoms with Crippen LogP contribution >= 0.6 is 0 Å². The zero-order chi connectivity index (χ0) is 10.3. The molecule has 1 saturated heterocycles. The quantitative estimate of drug-likeness (QED) is 0.669. The fourth-order valence-electron chi connectivity index (χ4n) is 2.57. The van der Waals surface area contributed by atoms with Crippen LogP contribution in [-0.4, -0.2) is 23.8 Å². The highest BCUT2D eigenvalue weighted by atomic mass is 16.5. The molecule has 1 fully saturated rings. The molecule has 0 amide bonds. The summed E-state index contributed by atoms with van der Waals surface area (Å²) in [5.41, 5.74) is 0.753. The number of rotatable bonds is 0. The van der Waals surface area contributed by atoms with Crippen LogP contribution in [0.1, 0.15) is 24.5 Å². The van der Waals surface area contributed by atoms with Gasteiger partial charge in [0.25, 0.3) is 0 Å². The topological polar surface area (TPSA) is 41.5 Å². The summed E-state index contributed by atoms with van der Waals surface area (Å²) in [6, 6.07) is 7.77. The fourth-order valence-corrected chi connectivity index (χ4v) is 2.57. The number of benzene rings is 1. The summed E-state index contributed by atoms with van der Waals surface area (Å²) in [7, 11) is 0. The third-order valence-electron chi connectivity index (χ3n) is 3.37. The van der Waals surface area contributed by atoms with Crippen molar-refractivity contribution < 1.29 is 9.84 Å². The normalized spacial score (nSPS) is 33.8. The van der Waals surface area contributed by atoms with Gasteiger partial charge in [0.15, 0.2) is 0 Å². The minimum atomic E-state index is -0.380. The van der Waals surface area contributed by atoms with E-state index in [-0.39, 0.29) is 11.7 Å². The van der Waals surface area contributed by atoms with Gasteiger partial charge in [-0.2, -0.15) is 0 Å². The maximum absolute atomic E-state index is 10.1. The standard InChI is InChI=1S/C12H15NO2/c14-10-7-12(5-6-13-8-12)15-11-4-2-1-3-9(10)11/h1-4,10,13-14H,5-8H2. The minimum absolute atomic E-state index is 0.173. The van der Waals surface area contributed by atoms with Gasteiger partial charge in [-0.05, 0) is 12.6 Å². The van der Waals surface area contributed by atoms with Crippen LogP contribution in [0.3, 0.4) is 0 Å². The van der Waals surface area contributed by atoms with E-state index in [9.17, 15) is 5.11 Å². The predicted octanol–water partition coefficient (Wildman–Crippen LogP) is 1.23. The summed E-state index contributed by atoms with van der Waals surface area (Å²) in [6.07, 6.45) is 1.31. The van der Waals surface area contributed by atoms with Crippen LogP contribution in [0.2, 0.25) is 0 Å². The third kappa shape index (κ3) is 1.43. The van der Waals surface area contributed by atoms with Crippen molar-refractivity contribution in [3.63, 3.8) is 0 Å². The van der Waals surface area contributed by atoms with Crippen molar-refractivity contribution in [2.75, 3.05) is 13.1 Å². The Morgan fingerprint density at radius 3 is 3.07 bits per heavy atom. The molecule has 1 spiro atoms. The lowest BCUT2D eigenvalue weighted by molar-refractivity contribution is -0.000277. The molecule has 1 aromatic carbocycles. The molecular weight excluding hydrogens is 190 g/mol. The van der Waals surface area contributed by atoms with Crippen LogP contribution in [0.15, 0.2) is 24.3 Å². The van der Waals surface area contributed by atoms with Gasteiger partial charge in [-0.15, -0.1) is 0 Å². The molecular formula is C12H15NO2. The number of fused-ring (bicyclic) bond motifs is 1. The first-order valence-corrected chi connectivity index (χ1v) is 5.46. The Morgan fingerprint density at radius 1 is 1.40 bits per heavy atom. The van der Waals surface area contributed by atoms with E-state index in [0.717, 1.165) is 30.8 Å². The van der Waals surface area contributed by atoms with E-state index in [1.807, 2.05) is 24.3 Å². The van der Waals surface area contributed by atoms with Crippen molar-refractivity contribution in [3.05, 3.63) is 29.8 Å². The van der Waals surface area contributed by atoms with Gasteiger partial charge in [-0.3, -0.25) is 0 Å². The molecule has 2 aliphatic rings. The predicted molar refractivity (Wildman–Crippen MR) is 56.9 cm³/mol. The summed E-state index contributed by atoms with van der Waals surface area (Å²) >= 11 is 0. The molecule has 2 unspecified atom stereocenters. The number of aliphatic hydroxyl groups excluding tert-OH is 1. The van der Waals surface area contributed by atoms with Gasteiger partial charge in [0.05, 0.1) is 6.10 Å². The second kappa shape index (κ2) is 3.22. The lowest BCUT2D eigenvalue weighted by Gasteiger charge is -2.37. The molecule has 0 saturated carbocycles. The van der Waals surface area contributed by atoms with Gasteiger partial charge in [-0.1, -0.05) is 18.2 Å². The van der Waals surface area contributed by atoms with Crippen LogP contribution in [0.25, 0.3) is 0 Å². The first-order chi connectivity index (χ1) is 7.29. The van der Waals surface area contributed by atoms with Gasteiger partial charge in [-0.25, -0.2) is 0 Å². The Kier molecular flexibility index (Phi) is 1.97. The van der Waals surface area contributed by atoms with Gasteiger partial charge < -0.3 is 15.2 Å². The van der Waals surface area contributed by atoms with Crippen molar-refractivity contribution >= 4 is 0 Å². The molecule has 1 aromatic rings. The minimum Gasteiger partial charge on any atom is -0.485 e. The zero-order valence-corrected chi connectivity index (χ0v) is 8.57. The molecule has 0 bridgehead atoms. The Bertz CT molecular complexity index is 372. The van der Waals surface area contributed by atoms with Crippen molar-refractivity contribution in [3.8, 4) is 5.75 Å². The number of nitrogens with one attached hydrogen (secondary N) is 1. The first-order valence-electron chi connectivity index (χ1n) is 5.46. The maximum atomic E-state index is 10.1. The molecule has 15 heavy (non-hydrogen) atoms. The Hall–Kier alpha value is -1.06. The molecule has 2 heterocycles. The molecule has 0 aliphatic carbocycles. The SMILES string of the molecule is OC1CC2(CCNC2)Oc2ccccc21. The molecule has 0 radical (unpaired) electrons. The summed E-state index contributed by atoms with van der Waals surface area (Å²) < 4.78 is 6.03.